The fourth-order valence-electron chi connectivity index (χ4n) is 6.74. The summed E-state index contributed by atoms with van der Waals surface area (Å²) in [5, 5.41) is 27.6. The molecular weight excluding hydrogens is 850 g/mol. The largest absolute Gasteiger partial charge is 0.407 e. The van der Waals surface area contributed by atoms with Gasteiger partial charge in [-0.25, -0.2) is 15.0 Å². The average molecular weight is 900 g/mol. The number of H-pyrrole nitrogens is 1. The molecule has 61 heavy (non-hydrogen) atoms. The van der Waals surface area contributed by atoms with Gasteiger partial charge in [0.25, 0.3) is 11.5 Å². The van der Waals surface area contributed by atoms with Crippen molar-refractivity contribution >= 4 is 72.6 Å². The Labute approximate surface area is 356 Å². The molecular formula is C38H50N9O11PSSi. The maximum Gasteiger partial charge on any atom is 0.325 e. The smallest absolute Gasteiger partial charge is 0.325 e. The van der Waals surface area contributed by atoms with Gasteiger partial charge in [-0.1, -0.05) is 52.8 Å². The first kappa shape index (κ1) is 44.7. The molecule has 6 heterocycles. The molecule has 328 valence electrons. The van der Waals surface area contributed by atoms with E-state index in [1.54, 1.807) is 54.9 Å². The minimum absolute atomic E-state index is 0.0435. The molecule has 2 aliphatic rings. The second kappa shape index (κ2) is 17.4. The number of ether oxygens (including phenoxy) is 2. The number of carbonyl (C=O) groups is 2. The minimum Gasteiger partial charge on any atom is -0.407 e. The van der Waals surface area contributed by atoms with Gasteiger partial charge in [0.15, 0.2) is 31.9 Å². The number of aliphatic hydroxyl groups is 2. The van der Waals surface area contributed by atoms with Gasteiger partial charge in [0.2, 0.25) is 11.9 Å². The van der Waals surface area contributed by atoms with Gasteiger partial charge < -0.3 is 47.9 Å². The number of fused-ring (bicyclic) bond motifs is 2. The van der Waals surface area contributed by atoms with Crippen LogP contribution in [0.15, 0.2) is 60.0 Å². The summed E-state index contributed by atoms with van der Waals surface area (Å²) in [6, 6.07) is 10.5. The van der Waals surface area contributed by atoms with Crippen molar-refractivity contribution in [2.45, 2.75) is 102 Å². The number of benzene rings is 1. The molecule has 1 aromatic carbocycles. The van der Waals surface area contributed by atoms with E-state index in [0.717, 1.165) is 0 Å². The summed E-state index contributed by atoms with van der Waals surface area (Å²) in [7, 11) is -2.56. The van der Waals surface area contributed by atoms with E-state index in [9.17, 15) is 29.5 Å². The lowest BCUT2D eigenvalue weighted by Crippen LogP contribution is -2.48. The normalized spacial score (nSPS) is 24.4. The molecule has 0 bridgehead atoms. The maximum atomic E-state index is 13.1. The third-order valence-electron chi connectivity index (χ3n) is 11.1. The summed E-state index contributed by atoms with van der Waals surface area (Å²) in [4.78, 5) is 69.7. The van der Waals surface area contributed by atoms with E-state index >= 15 is 0 Å². The third-order valence-corrected chi connectivity index (χ3v) is 17.2. The summed E-state index contributed by atoms with van der Waals surface area (Å²) in [6.45, 7) is 8.71. The van der Waals surface area contributed by atoms with Gasteiger partial charge >= 0.3 is 6.72 Å². The number of carbonyl (C=O) groups excluding carboxylic acids is 2. The summed E-state index contributed by atoms with van der Waals surface area (Å²) in [5.41, 5.74) is 0.226. The number of aromatic nitrogens is 7. The van der Waals surface area contributed by atoms with Crippen molar-refractivity contribution in [3.63, 3.8) is 0 Å². The number of rotatable bonds is 14. The predicted octanol–water partition coefficient (Wildman–Crippen LogP) is 3.96. The Morgan fingerprint density at radius 3 is 2.49 bits per heavy atom. The number of nitrogens with one attached hydrogen (secondary N) is 3. The van der Waals surface area contributed by atoms with Crippen LogP contribution >= 0.6 is 6.72 Å². The molecule has 0 spiro atoms. The molecule has 2 saturated heterocycles. The standard InChI is InChI=1S/C38H50N9O11PSSi/c1-20(2)32(50)44-37-43-31-26(34(52)45-37)41-19-47(31)35-24(15-22(16-48)55-35)57-59(53,60)54-17-25-27(49)28(58-61(6,7)38(3,4)5)36(56-25)46-14-13-23-29(39-18-40-30(23)46)42-33(51)21-11-9-8-10-12-21/h8-14,18-20,22,24-25,27-28,35-36,48-49H,15-17H2,1-7H3,(H,53,60)(H,39,40,42,51)(H2,43,44,45,50,52)/t22-,24-,25+,27?,28-,35+,36+,59?/m0/s1. The van der Waals surface area contributed by atoms with E-state index in [4.69, 9.17) is 34.8 Å². The molecule has 6 N–H and O–H groups in total. The zero-order valence-corrected chi connectivity index (χ0v) is 37.3. The van der Waals surface area contributed by atoms with Gasteiger partial charge in [0.05, 0.1) is 31.0 Å². The van der Waals surface area contributed by atoms with Crippen molar-refractivity contribution in [2.75, 3.05) is 23.8 Å². The second-order valence-electron chi connectivity index (χ2n) is 16.8. The monoisotopic (exact) mass is 899 g/mol. The molecule has 7 rings (SSSR count). The van der Waals surface area contributed by atoms with Gasteiger partial charge in [-0.3, -0.25) is 29.3 Å². The molecule has 2 amide bonds. The highest BCUT2D eigenvalue weighted by Crippen LogP contribution is 2.51. The van der Waals surface area contributed by atoms with Crippen molar-refractivity contribution in [1.29, 1.82) is 0 Å². The Bertz CT molecular complexity index is 2510. The average Bonchev–Trinajstić information content (AvgIpc) is 3.99. The van der Waals surface area contributed by atoms with Crippen LogP contribution in [0.5, 0.6) is 0 Å². The van der Waals surface area contributed by atoms with Crippen LogP contribution in [0.1, 0.15) is 63.9 Å². The van der Waals surface area contributed by atoms with Crippen LogP contribution in [-0.2, 0) is 39.5 Å². The molecule has 0 aliphatic carbocycles. The lowest BCUT2D eigenvalue weighted by molar-refractivity contribution is -0.118. The highest BCUT2D eigenvalue weighted by molar-refractivity contribution is 8.07. The van der Waals surface area contributed by atoms with Crippen LogP contribution in [0.25, 0.3) is 22.2 Å². The van der Waals surface area contributed by atoms with E-state index in [0.29, 0.717) is 16.6 Å². The van der Waals surface area contributed by atoms with Gasteiger partial charge in [0, 0.05) is 24.1 Å². The van der Waals surface area contributed by atoms with E-state index in [1.165, 1.54) is 17.2 Å². The van der Waals surface area contributed by atoms with Gasteiger partial charge in [-0.2, -0.15) is 4.98 Å². The SMILES string of the molecule is CC(C)C(=O)Nc1nc2c(ncn2[C@@H]2O[C@H](CO)C[C@@H]2OP(O)(=S)OC[C@H]2O[C@@H](n3ccc4c(NC(=O)c5ccccc5)ncnc43)[C@@H](O[Si](C)(C)C(C)(C)C)C2O)c(=O)[nH]1. The maximum absolute atomic E-state index is 13.1. The van der Waals surface area contributed by atoms with E-state index in [2.05, 4.69) is 56.3 Å². The second-order valence-corrected chi connectivity index (χ2v) is 24.3. The topological polar surface area (TPSA) is 259 Å². The van der Waals surface area contributed by atoms with Crippen molar-refractivity contribution in [2.24, 2.45) is 5.92 Å². The number of anilines is 2. The molecule has 8 atom stereocenters. The van der Waals surface area contributed by atoms with Crippen molar-refractivity contribution in [3.05, 3.63) is 71.2 Å². The molecule has 2 fully saturated rings. The van der Waals surface area contributed by atoms with E-state index < -0.39 is 82.7 Å². The van der Waals surface area contributed by atoms with Gasteiger partial charge in [0.1, 0.15) is 42.2 Å². The summed E-state index contributed by atoms with van der Waals surface area (Å²) >= 11 is 5.48. The molecule has 23 heteroatoms. The Balaban J connectivity index is 1.12. The van der Waals surface area contributed by atoms with E-state index in [-0.39, 0.29) is 46.2 Å². The Morgan fingerprint density at radius 2 is 1.80 bits per heavy atom. The number of hydrogen-bond acceptors (Lipinski definition) is 15. The lowest BCUT2D eigenvalue weighted by Gasteiger charge is -2.40. The van der Waals surface area contributed by atoms with Gasteiger partial charge in [-0.15, -0.1) is 0 Å². The Morgan fingerprint density at radius 1 is 1.07 bits per heavy atom. The molecule has 2 aliphatic heterocycles. The summed E-state index contributed by atoms with van der Waals surface area (Å²) in [5.74, 6) is -0.954. The summed E-state index contributed by atoms with van der Waals surface area (Å²) in [6.07, 6.45) is -2.72. The van der Waals surface area contributed by atoms with Crippen LogP contribution in [0.3, 0.4) is 0 Å². The number of aliphatic hydroxyl groups excluding tert-OH is 2. The van der Waals surface area contributed by atoms with Crippen LogP contribution in [-0.4, -0.2) is 113 Å². The summed E-state index contributed by atoms with van der Waals surface area (Å²) < 4.78 is 34.3. The van der Waals surface area contributed by atoms with Gasteiger partial charge in [-0.05, 0) is 48.1 Å². The Kier molecular flexibility index (Phi) is 12.8. The Hall–Kier alpha value is -4.32. The van der Waals surface area contributed by atoms with Crippen LogP contribution in [0, 0.1) is 5.92 Å². The first-order chi connectivity index (χ1) is 28.8. The van der Waals surface area contributed by atoms with Crippen LogP contribution < -0.4 is 16.2 Å². The number of nitrogens with zero attached hydrogens (tertiary/aromatic N) is 6. The van der Waals surface area contributed by atoms with Crippen molar-refractivity contribution < 1.29 is 47.6 Å². The molecule has 0 radical (unpaired) electrons. The van der Waals surface area contributed by atoms with E-state index in [1.807, 2.05) is 19.2 Å². The quantitative estimate of drug-likeness (QED) is 0.0681. The van der Waals surface area contributed by atoms with Crippen molar-refractivity contribution in [3.8, 4) is 0 Å². The highest BCUT2D eigenvalue weighted by Gasteiger charge is 2.51. The first-order valence-electron chi connectivity index (χ1n) is 19.7. The molecule has 5 aromatic rings. The lowest BCUT2D eigenvalue weighted by atomic mass is 10.1. The predicted molar refractivity (Wildman–Crippen MR) is 228 cm³/mol. The zero-order valence-electron chi connectivity index (χ0n) is 34.6. The number of hydrogen-bond donors (Lipinski definition) is 6. The van der Waals surface area contributed by atoms with Crippen LogP contribution in [0.4, 0.5) is 11.8 Å². The van der Waals surface area contributed by atoms with Crippen LogP contribution in [0.2, 0.25) is 18.1 Å². The fourth-order valence-corrected chi connectivity index (χ4v) is 9.48. The zero-order chi connectivity index (χ0) is 44.0. The molecule has 20 nitrogen and oxygen atoms in total. The minimum atomic E-state index is -4.16. The first-order valence-corrected chi connectivity index (χ1v) is 25.2. The number of amides is 2. The number of imidazole rings is 1. The molecule has 0 saturated carbocycles. The molecule has 4 aromatic heterocycles. The highest BCUT2D eigenvalue weighted by atomic mass is 32.5. The van der Waals surface area contributed by atoms with Crippen molar-refractivity contribution in [1.82, 2.24) is 34.1 Å². The molecule has 2 unspecified atom stereocenters. The number of aromatic amines is 1. The third kappa shape index (κ3) is 9.39. The fraction of sp³-hybridized carbons (Fsp3) is 0.500.